The lowest BCUT2D eigenvalue weighted by Crippen LogP contribution is -2.68. The zero-order valence-electron chi connectivity index (χ0n) is 34.8. The van der Waals surface area contributed by atoms with Gasteiger partial charge >= 0.3 is 5.97 Å². The second-order valence-corrected chi connectivity index (χ2v) is 20.9. The van der Waals surface area contributed by atoms with Crippen LogP contribution >= 0.6 is 0 Å². The summed E-state index contributed by atoms with van der Waals surface area (Å²) in [6.07, 6.45) is -7.08. The molecule has 0 amide bonds. The Bertz CT molecular complexity index is 1460. The monoisotopic (exact) mass is 798 g/mol. The molecule has 0 radical (unpaired) electrons. The lowest BCUT2D eigenvalue weighted by molar-refractivity contribution is -0.357. The smallest absolute Gasteiger partial charge is 0.302 e. The molecule has 0 aromatic heterocycles. The number of esters is 1. The van der Waals surface area contributed by atoms with Crippen LogP contribution in [0.5, 0.6) is 0 Å². The van der Waals surface area contributed by atoms with E-state index >= 15 is 0 Å². The SMILES string of the molecule is CC(=O)OC1CC(C)(C2CCC3(C)C2C(O)CC2C4(C)CCC(OC5OCC(O)C(O)C5OC5OCC(O)C(O)C5O)C(C)(C)C4CCC23C)OC(C)(C)C1O. The Morgan fingerprint density at radius 1 is 0.679 bits per heavy atom. The standard InChI is InChI=1S/C42H70O14/c1-20(43)53-25-17-42(9,56-38(4,5)34(25)50)21-10-14-41(8)29(21)22(44)16-27-39(6)13-12-28(37(2,3)26(39)11-15-40(27,41)7)54-36-33(31(48)24(46)19-52-36)55-35-32(49)30(47)23(45)18-51-35/h21-36,44-50H,10-19H2,1-9H3. The van der Waals surface area contributed by atoms with Crippen LogP contribution in [0.25, 0.3) is 0 Å². The molecule has 4 saturated carbocycles. The first-order chi connectivity index (χ1) is 25.9. The van der Waals surface area contributed by atoms with Gasteiger partial charge in [0.2, 0.25) is 0 Å². The van der Waals surface area contributed by atoms with E-state index in [0.717, 1.165) is 32.1 Å². The van der Waals surface area contributed by atoms with Gasteiger partial charge in [0.05, 0.1) is 36.6 Å². The molecular weight excluding hydrogens is 728 g/mol. The van der Waals surface area contributed by atoms with Crippen LogP contribution in [0.2, 0.25) is 0 Å². The second-order valence-electron chi connectivity index (χ2n) is 20.9. The third-order valence-electron chi connectivity index (χ3n) is 17.1. The lowest BCUT2D eigenvalue weighted by atomic mass is 9.35. The molecule has 14 nitrogen and oxygen atoms in total. The fourth-order valence-corrected chi connectivity index (χ4v) is 14.1. The first kappa shape index (κ1) is 43.1. The molecule has 14 heteroatoms. The molecule has 20 atom stereocenters. The highest BCUT2D eigenvalue weighted by molar-refractivity contribution is 5.66. The van der Waals surface area contributed by atoms with Crippen LogP contribution < -0.4 is 0 Å². The molecular formula is C42H70O14. The molecule has 20 unspecified atom stereocenters. The number of carbonyl (C=O) groups is 1. The number of aliphatic hydroxyl groups excluding tert-OH is 7. The van der Waals surface area contributed by atoms with Gasteiger partial charge in [-0.3, -0.25) is 4.79 Å². The maximum Gasteiger partial charge on any atom is 0.302 e. The topological polar surface area (TPSA) is 214 Å². The molecule has 7 fully saturated rings. The minimum atomic E-state index is -1.59. The maximum atomic E-state index is 12.4. The minimum absolute atomic E-state index is 0.00388. The molecule has 322 valence electrons. The van der Waals surface area contributed by atoms with E-state index in [4.69, 9.17) is 28.4 Å². The number of rotatable bonds is 6. The van der Waals surface area contributed by atoms with Crippen LogP contribution in [0.1, 0.15) is 114 Å². The molecule has 7 aliphatic rings. The van der Waals surface area contributed by atoms with Crippen LogP contribution in [0.4, 0.5) is 0 Å². The molecule has 7 N–H and O–H groups in total. The quantitative estimate of drug-likeness (QED) is 0.152. The summed E-state index contributed by atoms with van der Waals surface area (Å²) in [6.45, 7) is 18.4. The summed E-state index contributed by atoms with van der Waals surface area (Å²) in [4.78, 5) is 12.1. The largest absolute Gasteiger partial charge is 0.460 e. The van der Waals surface area contributed by atoms with Crippen molar-refractivity contribution in [3.63, 3.8) is 0 Å². The van der Waals surface area contributed by atoms with Crippen LogP contribution in [0.3, 0.4) is 0 Å². The van der Waals surface area contributed by atoms with Crippen molar-refractivity contribution in [3.8, 4) is 0 Å². The normalized spacial score (nSPS) is 55.4. The molecule has 0 bridgehead atoms. The third-order valence-corrected chi connectivity index (χ3v) is 17.1. The van der Waals surface area contributed by atoms with Gasteiger partial charge < -0.3 is 64.2 Å². The Hall–Kier alpha value is -1.01. The van der Waals surface area contributed by atoms with E-state index in [9.17, 15) is 40.5 Å². The van der Waals surface area contributed by atoms with Gasteiger partial charge in [0.25, 0.3) is 0 Å². The summed E-state index contributed by atoms with van der Waals surface area (Å²) in [6, 6.07) is 0. The van der Waals surface area contributed by atoms with Gasteiger partial charge in [0, 0.05) is 13.3 Å². The van der Waals surface area contributed by atoms with Crippen molar-refractivity contribution in [2.45, 2.75) is 199 Å². The Morgan fingerprint density at radius 3 is 1.96 bits per heavy atom. The number of hydrogen-bond donors (Lipinski definition) is 7. The minimum Gasteiger partial charge on any atom is -0.460 e. The fraction of sp³-hybridized carbons (Fsp3) is 0.976. The molecule has 4 aliphatic carbocycles. The Kier molecular flexibility index (Phi) is 11.2. The van der Waals surface area contributed by atoms with Crippen molar-refractivity contribution in [1.82, 2.24) is 0 Å². The Morgan fingerprint density at radius 2 is 1.30 bits per heavy atom. The Balaban J connectivity index is 1.11. The first-order valence-corrected chi connectivity index (χ1v) is 21.1. The van der Waals surface area contributed by atoms with Gasteiger partial charge in [-0.2, -0.15) is 0 Å². The highest BCUT2D eigenvalue weighted by Gasteiger charge is 2.72. The second kappa shape index (κ2) is 14.6. The van der Waals surface area contributed by atoms with E-state index in [1.165, 1.54) is 6.92 Å². The molecule has 3 aliphatic heterocycles. The van der Waals surface area contributed by atoms with Gasteiger partial charge in [0.15, 0.2) is 12.6 Å². The fourth-order valence-electron chi connectivity index (χ4n) is 14.1. The van der Waals surface area contributed by atoms with Crippen molar-refractivity contribution < 1.29 is 69.0 Å². The van der Waals surface area contributed by atoms with Crippen LogP contribution in [-0.4, -0.2) is 140 Å². The average Bonchev–Trinajstić information content (AvgIpc) is 3.49. The molecule has 56 heavy (non-hydrogen) atoms. The highest BCUT2D eigenvalue weighted by Crippen LogP contribution is 2.76. The van der Waals surface area contributed by atoms with Crippen molar-refractivity contribution in [2.24, 2.45) is 45.3 Å². The maximum absolute atomic E-state index is 12.4. The van der Waals surface area contributed by atoms with Gasteiger partial charge in [-0.25, -0.2) is 0 Å². The third kappa shape index (κ3) is 6.63. The van der Waals surface area contributed by atoms with Crippen LogP contribution in [-0.2, 0) is 33.2 Å². The summed E-state index contributed by atoms with van der Waals surface area (Å²) in [5, 5.41) is 75.9. The highest BCUT2D eigenvalue weighted by atomic mass is 16.7. The summed E-state index contributed by atoms with van der Waals surface area (Å²) < 4.78 is 36.6. The summed E-state index contributed by atoms with van der Waals surface area (Å²) in [7, 11) is 0. The molecule has 0 spiro atoms. The molecule has 0 aromatic rings. The zero-order chi connectivity index (χ0) is 41.1. The molecule has 3 saturated heterocycles. The number of carbonyl (C=O) groups excluding carboxylic acids is 1. The van der Waals surface area contributed by atoms with Crippen molar-refractivity contribution >= 4 is 5.97 Å². The number of ether oxygens (including phenoxy) is 6. The number of hydrogen-bond acceptors (Lipinski definition) is 14. The summed E-state index contributed by atoms with van der Waals surface area (Å²) in [5.41, 5.74) is -2.44. The summed E-state index contributed by atoms with van der Waals surface area (Å²) >= 11 is 0. The van der Waals surface area contributed by atoms with Crippen LogP contribution in [0.15, 0.2) is 0 Å². The molecule has 0 aromatic carbocycles. The van der Waals surface area contributed by atoms with Crippen LogP contribution in [0, 0.1) is 45.3 Å². The zero-order valence-corrected chi connectivity index (χ0v) is 34.8. The van der Waals surface area contributed by atoms with E-state index in [1.807, 2.05) is 13.8 Å². The van der Waals surface area contributed by atoms with E-state index in [0.29, 0.717) is 19.3 Å². The van der Waals surface area contributed by atoms with E-state index in [-0.39, 0.29) is 64.6 Å². The van der Waals surface area contributed by atoms with Gasteiger partial charge in [0.1, 0.15) is 48.8 Å². The van der Waals surface area contributed by atoms with E-state index in [2.05, 4.69) is 41.5 Å². The van der Waals surface area contributed by atoms with Gasteiger partial charge in [-0.05, 0) is 111 Å². The number of fused-ring (bicyclic) bond motifs is 5. The van der Waals surface area contributed by atoms with E-state index < -0.39 is 84.7 Å². The van der Waals surface area contributed by atoms with Crippen molar-refractivity contribution in [2.75, 3.05) is 13.2 Å². The molecule has 7 rings (SSSR count). The lowest BCUT2D eigenvalue weighted by Gasteiger charge is -2.71. The van der Waals surface area contributed by atoms with Gasteiger partial charge in [-0.15, -0.1) is 0 Å². The average molecular weight is 799 g/mol. The van der Waals surface area contributed by atoms with E-state index in [1.54, 1.807) is 0 Å². The predicted molar refractivity (Wildman–Crippen MR) is 199 cm³/mol. The molecule has 3 heterocycles. The van der Waals surface area contributed by atoms with Gasteiger partial charge in [-0.1, -0.05) is 34.6 Å². The predicted octanol–water partition coefficient (Wildman–Crippen LogP) is 2.18. The first-order valence-electron chi connectivity index (χ1n) is 21.1. The number of aliphatic hydroxyl groups is 7. The Labute approximate surface area is 331 Å². The van der Waals surface area contributed by atoms with Crippen molar-refractivity contribution in [3.05, 3.63) is 0 Å². The van der Waals surface area contributed by atoms with Crippen molar-refractivity contribution in [1.29, 1.82) is 0 Å². The summed E-state index contributed by atoms with van der Waals surface area (Å²) in [5.74, 6) is -0.0193.